The molecule has 2 aromatic carbocycles. The van der Waals surface area contributed by atoms with Crippen LogP contribution in [0.1, 0.15) is 10.4 Å². The van der Waals surface area contributed by atoms with Gasteiger partial charge in [0.25, 0.3) is 11.6 Å². The Labute approximate surface area is 137 Å². The molecule has 0 bridgehead atoms. The molecule has 8 heteroatoms. The van der Waals surface area contributed by atoms with Crippen LogP contribution in [0.15, 0.2) is 36.4 Å². The number of carbonyl (C=O) groups excluding carboxylic acids is 1. The molecule has 0 aromatic heterocycles. The summed E-state index contributed by atoms with van der Waals surface area (Å²) in [6, 6.07) is 7.71. The van der Waals surface area contributed by atoms with Crippen molar-refractivity contribution in [1.82, 2.24) is 0 Å². The maximum Gasteiger partial charge on any atom is 0.270 e. The van der Waals surface area contributed by atoms with Gasteiger partial charge in [0, 0.05) is 21.4 Å². The number of benzene rings is 2. The van der Waals surface area contributed by atoms with Crippen molar-refractivity contribution in [3.8, 4) is 0 Å². The number of amides is 1. The van der Waals surface area contributed by atoms with E-state index in [4.69, 9.17) is 11.6 Å². The number of nitrogens with one attached hydrogen (secondary N) is 1. The molecule has 0 aliphatic carbocycles. The molecular weight excluding hydrogens is 414 g/mol. The van der Waals surface area contributed by atoms with Gasteiger partial charge in [0.1, 0.15) is 5.82 Å². The van der Waals surface area contributed by atoms with Crippen LogP contribution in [0.2, 0.25) is 5.02 Å². The fourth-order valence-corrected chi connectivity index (χ4v) is 2.33. The second-order valence-corrected chi connectivity index (χ2v) is 5.57. The highest BCUT2D eigenvalue weighted by molar-refractivity contribution is 14.1. The maximum atomic E-state index is 13.0. The van der Waals surface area contributed by atoms with Gasteiger partial charge in [-0.05, 0) is 46.9 Å². The van der Waals surface area contributed by atoms with Crippen LogP contribution in [0, 0.1) is 19.5 Å². The summed E-state index contributed by atoms with van der Waals surface area (Å²) in [5, 5.41) is 13.1. The van der Waals surface area contributed by atoms with Crippen molar-refractivity contribution in [3.05, 3.63) is 66.5 Å². The highest BCUT2D eigenvalue weighted by Crippen LogP contribution is 2.23. The number of non-ortho nitro benzene ring substituents is 1. The van der Waals surface area contributed by atoms with Gasteiger partial charge < -0.3 is 5.32 Å². The summed E-state index contributed by atoms with van der Waals surface area (Å²) < 4.78 is 13.6. The van der Waals surface area contributed by atoms with Crippen molar-refractivity contribution < 1.29 is 14.1 Å². The molecule has 0 aliphatic heterocycles. The Hall–Kier alpha value is -1.74. The average molecular weight is 421 g/mol. The standard InChI is InChI=1S/C13H7ClFIN2O3/c14-10-5-7(1-3-11(10)15)17-13(19)9-6-8(18(20)21)2-4-12(9)16/h1-6H,(H,17,19). The molecule has 0 aliphatic rings. The Balaban J connectivity index is 2.29. The average Bonchev–Trinajstić information content (AvgIpc) is 2.43. The number of halogens is 3. The van der Waals surface area contributed by atoms with E-state index in [9.17, 15) is 19.3 Å². The minimum Gasteiger partial charge on any atom is -0.322 e. The van der Waals surface area contributed by atoms with Crippen LogP contribution in [-0.4, -0.2) is 10.8 Å². The van der Waals surface area contributed by atoms with Crippen LogP contribution >= 0.6 is 34.2 Å². The third-order valence-electron chi connectivity index (χ3n) is 2.58. The second-order valence-electron chi connectivity index (χ2n) is 4.00. The fourth-order valence-electron chi connectivity index (χ4n) is 1.57. The first-order chi connectivity index (χ1) is 9.88. The molecule has 0 atom stereocenters. The summed E-state index contributed by atoms with van der Waals surface area (Å²) in [6.07, 6.45) is 0. The monoisotopic (exact) mass is 420 g/mol. The lowest BCUT2D eigenvalue weighted by Gasteiger charge is -2.07. The number of hydrogen-bond donors (Lipinski definition) is 1. The number of carbonyl (C=O) groups is 1. The molecular formula is C13H7ClFIN2O3. The summed E-state index contributed by atoms with van der Waals surface area (Å²) in [5.74, 6) is -1.13. The number of nitrogens with zero attached hydrogens (tertiary/aromatic N) is 1. The Morgan fingerprint density at radius 1 is 1.29 bits per heavy atom. The van der Waals surface area contributed by atoms with Crippen LogP contribution in [0.4, 0.5) is 15.8 Å². The van der Waals surface area contributed by atoms with Crippen LogP contribution in [0.3, 0.4) is 0 Å². The van der Waals surface area contributed by atoms with E-state index in [1.54, 1.807) is 0 Å². The topological polar surface area (TPSA) is 72.2 Å². The van der Waals surface area contributed by atoms with Crippen molar-refractivity contribution in [2.45, 2.75) is 0 Å². The molecule has 0 saturated heterocycles. The Bertz CT molecular complexity index is 739. The number of hydrogen-bond acceptors (Lipinski definition) is 3. The number of anilines is 1. The second kappa shape index (κ2) is 6.35. The largest absolute Gasteiger partial charge is 0.322 e. The van der Waals surface area contributed by atoms with E-state index in [-0.39, 0.29) is 16.3 Å². The summed E-state index contributed by atoms with van der Waals surface area (Å²) >= 11 is 7.53. The first-order valence-electron chi connectivity index (χ1n) is 5.59. The van der Waals surface area contributed by atoms with E-state index < -0.39 is 16.6 Å². The predicted molar refractivity (Wildman–Crippen MR) is 85.2 cm³/mol. The predicted octanol–water partition coefficient (Wildman–Crippen LogP) is 4.24. The van der Waals surface area contributed by atoms with E-state index >= 15 is 0 Å². The van der Waals surface area contributed by atoms with E-state index in [1.165, 1.54) is 30.3 Å². The maximum absolute atomic E-state index is 13.0. The highest BCUT2D eigenvalue weighted by Gasteiger charge is 2.16. The van der Waals surface area contributed by atoms with Gasteiger partial charge in [0.2, 0.25) is 0 Å². The SMILES string of the molecule is O=C(Nc1ccc(F)c(Cl)c1)c1cc([N+](=O)[O-])ccc1I. The third-order valence-corrected chi connectivity index (χ3v) is 3.81. The lowest BCUT2D eigenvalue weighted by Crippen LogP contribution is -2.13. The van der Waals surface area contributed by atoms with Crippen molar-refractivity contribution in [3.63, 3.8) is 0 Å². The van der Waals surface area contributed by atoms with Gasteiger partial charge >= 0.3 is 0 Å². The molecule has 2 rings (SSSR count). The zero-order valence-electron chi connectivity index (χ0n) is 10.3. The first kappa shape index (κ1) is 15.6. The van der Waals surface area contributed by atoms with Crippen molar-refractivity contribution >= 4 is 51.5 Å². The summed E-state index contributed by atoms with van der Waals surface area (Å²) in [4.78, 5) is 22.3. The normalized spacial score (nSPS) is 10.2. The van der Waals surface area contributed by atoms with E-state index in [0.717, 1.165) is 6.07 Å². The van der Waals surface area contributed by atoms with E-state index in [2.05, 4.69) is 5.32 Å². The zero-order valence-corrected chi connectivity index (χ0v) is 13.2. The smallest absolute Gasteiger partial charge is 0.270 e. The van der Waals surface area contributed by atoms with Gasteiger partial charge in [0.15, 0.2) is 0 Å². The summed E-state index contributed by atoms with van der Waals surface area (Å²) in [7, 11) is 0. The summed E-state index contributed by atoms with van der Waals surface area (Å²) in [6.45, 7) is 0. The molecule has 108 valence electrons. The van der Waals surface area contributed by atoms with E-state index in [1.807, 2.05) is 22.6 Å². The lowest BCUT2D eigenvalue weighted by atomic mass is 10.2. The number of nitro groups is 1. The molecule has 0 fully saturated rings. The molecule has 0 radical (unpaired) electrons. The number of nitro benzene ring substituents is 1. The molecule has 2 aromatic rings. The van der Waals surface area contributed by atoms with Gasteiger partial charge in [0.05, 0.1) is 15.5 Å². The molecule has 0 spiro atoms. The van der Waals surface area contributed by atoms with Crippen LogP contribution < -0.4 is 5.32 Å². The van der Waals surface area contributed by atoms with Crippen LogP contribution in [-0.2, 0) is 0 Å². The minimum absolute atomic E-state index is 0.124. The molecule has 5 nitrogen and oxygen atoms in total. The van der Waals surface area contributed by atoms with Gasteiger partial charge in [-0.3, -0.25) is 14.9 Å². The van der Waals surface area contributed by atoms with E-state index in [0.29, 0.717) is 9.26 Å². The van der Waals surface area contributed by atoms with Gasteiger partial charge in [-0.15, -0.1) is 0 Å². The Morgan fingerprint density at radius 2 is 2.00 bits per heavy atom. The van der Waals surface area contributed by atoms with Gasteiger partial charge in [-0.2, -0.15) is 0 Å². The highest BCUT2D eigenvalue weighted by atomic mass is 127. The first-order valence-corrected chi connectivity index (χ1v) is 7.04. The fraction of sp³-hybridized carbons (Fsp3) is 0. The molecule has 0 saturated carbocycles. The summed E-state index contributed by atoms with van der Waals surface area (Å²) in [5.41, 5.74) is 0.275. The molecule has 0 heterocycles. The van der Waals surface area contributed by atoms with Gasteiger partial charge in [-0.25, -0.2) is 4.39 Å². The quantitative estimate of drug-likeness (QED) is 0.458. The molecule has 1 N–H and O–H groups in total. The van der Waals surface area contributed by atoms with Crippen LogP contribution in [0.25, 0.3) is 0 Å². The molecule has 1 amide bonds. The Kier molecular flexibility index (Phi) is 4.73. The Morgan fingerprint density at radius 3 is 2.62 bits per heavy atom. The number of rotatable bonds is 3. The van der Waals surface area contributed by atoms with Crippen molar-refractivity contribution in [1.29, 1.82) is 0 Å². The molecule has 0 unspecified atom stereocenters. The van der Waals surface area contributed by atoms with Gasteiger partial charge in [-0.1, -0.05) is 11.6 Å². The zero-order chi connectivity index (χ0) is 15.6. The third kappa shape index (κ3) is 3.67. The van der Waals surface area contributed by atoms with Crippen molar-refractivity contribution in [2.75, 3.05) is 5.32 Å². The van der Waals surface area contributed by atoms with Crippen molar-refractivity contribution in [2.24, 2.45) is 0 Å². The van der Waals surface area contributed by atoms with Crippen LogP contribution in [0.5, 0.6) is 0 Å². The lowest BCUT2D eigenvalue weighted by molar-refractivity contribution is -0.384. The minimum atomic E-state index is -0.598. The molecule has 21 heavy (non-hydrogen) atoms.